The third kappa shape index (κ3) is 2.42. The van der Waals surface area contributed by atoms with E-state index in [0.29, 0.717) is 29.6 Å². The molecule has 4 rings (SSSR count). The highest BCUT2D eigenvalue weighted by molar-refractivity contribution is 6.11. The molecule has 26 heavy (non-hydrogen) atoms. The minimum absolute atomic E-state index is 0.244. The molecular weight excluding hydrogens is 338 g/mol. The number of aryl methyl sites for hydroxylation is 2. The quantitative estimate of drug-likeness (QED) is 0.791. The van der Waals surface area contributed by atoms with E-state index in [9.17, 15) is 14.4 Å². The Morgan fingerprint density at radius 2 is 2.00 bits per heavy atom. The monoisotopic (exact) mass is 357 g/mol. The maximum Gasteiger partial charge on any atom is 0.344 e. The zero-order valence-electron chi connectivity index (χ0n) is 14.6. The standard InChI is InChI=1S/C17H19N5O4/c1-9-8-11(12-10(2)21-26-14(12)18-9)13(23)20-22-15(24)17(19-16(22)25)6-4-3-5-7-17/h8H,3-7H2,1-2H3,(H,19,25)(H,20,23). The Morgan fingerprint density at radius 1 is 1.27 bits per heavy atom. The maximum atomic E-state index is 12.8. The first-order chi connectivity index (χ1) is 12.4. The number of hydrazine groups is 1. The van der Waals surface area contributed by atoms with Crippen LogP contribution in [-0.4, -0.2) is 38.5 Å². The van der Waals surface area contributed by atoms with Gasteiger partial charge in [-0.1, -0.05) is 24.4 Å². The van der Waals surface area contributed by atoms with E-state index in [1.54, 1.807) is 19.9 Å². The lowest BCUT2D eigenvalue weighted by atomic mass is 9.82. The van der Waals surface area contributed by atoms with Crippen LogP contribution in [0.4, 0.5) is 4.79 Å². The van der Waals surface area contributed by atoms with Crippen LogP contribution in [0, 0.1) is 13.8 Å². The van der Waals surface area contributed by atoms with Gasteiger partial charge in [0.25, 0.3) is 17.5 Å². The molecule has 3 heterocycles. The molecule has 2 aliphatic rings. The lowest BCUT2D eigenvalue weighted by molar-refractivity contribution is -0.134. The van der Waals surface area contributed by atoms with Crippen LogP contribution in [0.1, 0.15) is 53.8 Å². The van der Waals surface area contributed by atoms with Crippen LogP contribution in [0.5, 0.6) is 0 Å². The molecule has 0 unspecified atom stereocenters. The molecule has 9 heteroatoms. The number of fused-ring (bicyclic) bond motifs is 1. The Hall–Kier alpha value is -2.97. The van der Waals surface area contributed by atoms with Gasteiger partial charge in [0.05, 0.1) is 16.6 Å². The fourth-order valence-electron chi connectivity index (χ4n) is 3.77. The Labute approximate surface area is 149 Å². The number of carbonyl (C=O) groups is 3. The smallest absolute Gasteiger partial charge is 0.336 e. The van der Waals surface area contributed by atoms with Crippen LogP contribution >= 0.6 is 0 Å². The zero-order chi connectivity index (χ0) is 18.5. The number of urea groups is 1. The van der Waals surface area contributed by atoms with Gasteiger partial charge in [-0.3, -0.25) is 15.0 Å². The van der Waals surface area contributed by atoms with Gasteiger partial charge in [0.2, 0.25) is 0 Å². The molecule has 0 radical (unpaired) electrons. The van der Waals surface area contributed by atoms with E-state index in [4.69, 9.17) is 4.52 Å². The molecule has 2 N–H and O–H groups in total. The fourth-order valence-corrected chi connectivity index (χ4v) is 3.77. The second-order valence-electron chi connectivity index (χ2n) is 6.91. The van der Waals surface area contributed by atoms with Crippen LogP contribution in [0.3, 0.4) is 0 Å². The summed E-state index contributed by atoms with van der Waals surface area (Å²) in [4.78, 5) is 42.1. The topological polar surface area (TPSA) is 117 Å². The molecule has 2 aromatic rings. The summed E-state index contributed by atoms with van der Waals surface area (Å²) in [5.41, 5.74) is 3.14. The number of carbonyl (C=O) groups excluding carboxylic acids is 3. The summed E-state index contributed by atoms with van der Waals surface area (Å²) in [7, 11) is 0. The molecule has 4 amide bonds. The van der Waals surface area contributed by atoms with E-state index in [1.807, 2.05) is 0 Å². The van der Waals surface area contributed by atoms with Crippen molar-refractivity contribution >= 4 is 28.9 Å². The van der Waals surface area contributed by atoms with Gasteiger partial charge in [-0.25, -0.2) is 9.78 Å². The number of amides is 4. The van der Waals surface area contributed by atoms with Crippen molar-refractivity contribution in [3.63, 3.8) is 0 Å². The van der Waals surface area contributed by atoms with Gasteiger partial charge in [-0.2, -0.15) is 5.01 Å². The van der Waals surface area contributed by atoms with Crippen molar-refractivity contribution in [1.29, 1.82) is 0 Å². The molecule has 1 aliphatic carbocycles. The third-order valence-corrected chi connectivity index (χ3v) is 5.07. The van der Waals surface area contributed by atoms with Crippen molar-refractivity contribution in [2.75, 3.05) is 0 Å². The van der Waals surface area contributed by atoms with Gasteiger partial charge in [0, 0.05) is 5.69 Å². The van der Waals surface area contributed by atoms with Gasteiger partial charge in [0.1, 0.15) is 5.54 Å². The van der Waals surface area contributed by atoms with Crippen molar-refractivity contribution in [2.45, 2.75) is 51.5 Å². The van der Waals surface area contributed by atoms with Gasteiger partial charge >= 0.3 is 6.03 Å². The maximum absolute atomic E-state index is 12.8. The van der Waals surface area contributed by atoms with Crippen LogP contribution in [0.15, 0.2) is 10.6 Å². The molecule has 0 aromatic carbocycles. The van der Waals surface area contributed by atoms with Gasteiger partial charge in [0.15, 0.2) is 0 Å². The molecular formula is C17H19N5O4. The Kier molecular flexibility index (Phi) is 3.67. The average Bonchev–Trinajstić information content (AvgIpc) is 3.08. The van der Waals surface area contributed by atoms with Crippen molar-refractivity contribution < 1.29 is 18.9 Å². The molecule has 1 aliphatic heterocycles. The summed E-state index contributed by atoms with van der Waals surface area (Å²) < 4.78 is 5.12. The third-order valence-electron chi connectivity index (χ3n) is 5.07. The summed E-state index contributed by atoms with van der Waals surface area (Å²) in [6.07, 6.45) is 3.97. The predicted molar refractivity (Wildman–Crippen MR) is 89.9 cm³/mol. The number of nitrogens with one attached hydrogen (secondary N) is 2. The molecule has 136 valence electrons. The summed E-state index contributed by atoms with van der Waals surface area (Å²) >= 11 is 0. The summed E-state index contributed by atoms with van der Waals surface area (Å²) in [6.45, 7) is 3.42. The van der Waals surface area contributed by atoms with E-state index < -0.39 is 23.4 Å². The first-order valence-electron chi connectivity index (χ1n) is 8.63. The van der Waals surface area contributed by atoms with Crippen molar-refractivity contribution in [1.82, 2.24) is 25.9 Å². The average molecular weight is 357 g/mol. The zero-order valence-corrected chi connectivity index (χ0v) is 14.6. The number of hydrogen-bond donors (Lipinski definition) is 2. The molecule has 1 spiro atoms. The number of aromatic nitrogens is 2. The number of pyridine rings is 1. The Bertz CT molecular complexity index is 929. The number of rotatable bonds is 2. The van der Waals surface area contributed by atoms with E-state index >= 15 is 0 Å². The van der Waals surface area contributed by atoms with E-state index in [-0.39, 0.29) is 11.3 Å². The fraction of sp³-hybridized carbons (Fsp3) is 0.471. The molecule has 2 aromatic heterocycles. The van der Waals surface area contributed by atoms with Crippen LogP contribution in [0.25, 0.3) is 11.1 Å². The summed E-state index contributed by atoms with van der Waals surface area (Å²) in [5.74, 6) is -0.984. The number of imide groups is 1. The van der Waals surface area contributed by atoms with Gasteiger partial charge in [-0.15, -0.1) is 0 Å². The van der Waals surface area contributed by atoms with E-state index in [2.05, 4.69) is 20.9 Å². The second-order valence-corrected chi connectivity index (χ2v) is 6.91. The van der Waals surface area contributed by atoms with E-state index in [1.165, 1.54) is 0 Å². The lowest BCUT2D eigenvalue weighted by Gasteiger charge is -2.30. The number of hydrogen-bond acceptors (Lipinski definition) is 6. The van der Waals surface area contributed by atoms with Crippen molar-refractivity contribution in [3.8, 4) is 0 Å². The first-order valence-corrected chi connectivity index (χ1v) is 8.63. The summed E-state index contributed by atoms with van der Waals surface area (Å²) in [5, 5.41) is 7.85. The van der Waals surface area contributed by atoms with Crippen LogP contribution < -0.4 is 10.7 Å². The van der Waals surface area contributed by atoms with Crippen molar-refractivity contribution in [3.05, 3.63) is 23.0 Å². The Morgan fingerprint density at radius 3 is 2.73 bits per heavy atom. The molecule has 1 saturated heterocycles. The minimum atomic E-state index is -0.890. The highest BCUT2D eigenvalue weighted by Gasteiger charge is 2.52. The summed E-state index contributed by atoms with van der Waals surface area (Å²) in [6, 6.07) is 0.978. The largest absolute Gasteiger partial charge is 0.344 e. The highest BCUT2D eigenvalue weighted by Crippen LogP contribution is 2.33. The normalized spacial score (nSPS) is 19.2. The second kappa shape index (κ2) is 5.79. The van der Waals surface area contributed by atoms with Crippen LogP contribution in [-0.2, 0) is 4.79 Å². The molecule has 0 atom stereocenters. The Balaban J connectivity index is 1.64. The number of nitrogens with zero attached hydrogens (tertiary/aromatic N) is 3. The molecule has 0 bridgehead atoms. The first kappa shape index (κ1) is 16.5. The molecule has 2 fully saturated rings. The molecule has 9 nitrogen and oxygen atoms in total. The van der Waals surface area contributed by atoms with Gasteiger partial charge < -0.3 is 9.84 Å². The van der Waals surface area contributed by atoms with Crippen molar-refractivity contribution in [2.24, 2.45) is 0 Å². The highest BCUT2D eigenvalue weighted by atomic mass is 16.5. The predicted octanol–water partition coefficient (Wildman–Crippen LogP) is 1.74. The SMILES string of the molecule is Cc1cc(C(=O)NN2C(=O)NC3(CCCCC3)C2=O)c2c(C)noc2n1. The van der Waals surface area contributed by atoms with Crippen LogP contribution in [0.2, 0.25) is 0 Å². The minimum Gasteiger partial charge on any atom is -0.336 e. The molecule has 1 saturated carbocycles. The van der Waals surface area contributed by atoms with E-state index in [0.717, 1.165) is 24.3 Å². The van der Waals surface area contributed by atoms with Gasteiger partial charge in [-0.05, 0) is 32.8 Å². The lowest BCUT2D eigenvalue weighted by Crippen LogP contribution is -2.51.